The minimum absolute atomic E-state index is 0. The molecule has 11 heteroatoms. The van der Waals surface area contributed by atoms with Crippen molar-refractivity contribution in [2.45, 2.75) is 23.6 Å². The summed E-state index contributed by atoms with van der Waals surface area (Å²) < 4.78 is 74.1. The van der Waals surface area contributed by atoms with Crippen LogP contribution in [0.3, 0.4) is 0 Å². The Hall–Kier alpha value is -1.89. The summed E-state index contributed by atoms with van der Waals surface area (Å²) in [4.78, 5) is -0.518. The molecular formula is C20H22MgO8S2. The van der Waals surface area contributed by atoms with Crippen LogP contribution in [0.25, 0.3) is 0 Å². The number of rotatable bonds is 8. The zero-order chi connectivity index (χ0) is 22.9. The summed E-state index contributed by atoms with van der Waals surface area (Å²) in [5, 5.41) is 0. The topological polar surface area (TPSA) is 133 Å². The zero-order valence-electron chi connectivity index (χ0n) is 17.2. The summed E-state index contributed by atoms with van der Waals surface area (Å²) in [5.41, 5.74) is 1.71. The average molecular weight is 479 g/mol. The second-order valence-electron chi connectivity index (χ2n) is 6.34. The Morgan fingerprint density at radius 1 is 0.710 bits per heavy atom. The van der Waals surface area contributed by atoms with Crippen LogP contribution in [0.2, 0.25) is 0 Å². The molecule has 31 heavy (non-hydrogen) atoms. The molecule has 8 nitrogen and oxygen atoms in total. The first kappa shape index (κ1) is 29.1. The smallest absolute Gasteiger partial charge is 0.744 e. The van der Waals surface area contributed by atoms with E-state index in [4.69, 9.17) is 9.47 Å². The van der Waals surface area contributed by atoms with Crippen molar-refractivity contribution < 1.29 is 35.4 Å². The van der Waals surface area contributed by atoms with Crippen molar-refractivity contribution in [1.29, 1.82) is 0 Å². The fourth-order valence-corrected chi connectivity index (χ4v) is 2.76. The summed E-state index contributed by atoms with van der Waals surface area (Å²) in [6, 6.07) is 10.6. The molecule has 0 aliphatic carbocycles. The molecular weight excluding hydrogens is 457 g/mol. The van der Waals surface area contributed by atoms with Crippen LogP contribution in [0.4, 0.5) is 0 Å². The van der Waals surface area contributed by atoms with Gasteiger partial charge in [-0.05, 0) is 73.5 Å². The number of ether oxygens (including phenoxy) is 2. The molecule has 0 aliphatic rings. The van der Waals surface area contributed by atoms with Crippen molar-refractivity contribution in [3.63, 3.8) is 0 Å². The monoisotopic (exact) mass is 478 g/mol. The van der Waals surface area contributed by atoms with Crippen LogP contribution in [0, 0.1) is 0 Å². The largest absolute Gasteiger partial charge is 2.00 e. The van der Waals surface area contributed by atoms with E-state index < -0.39 is 20.2 Å². The van der Waals surface area contributed by atoms with E-state index in [9.17, 15) is 25.9 Å². The van der Waals surface area contributed by atoms with E-state index in [1.54, 1.807) is 0 Å². The summed E-state index contributed by atoms with van der Waals surface area (Å²) in [7, 11) is -8.75. The first-order valence-corrected chi connectivity index (χ1v) is 11.3. The molecule has 0 aromatic heterocycles. The first-order chi connectivity index (χ1) is 13.8. The van der Waals surface area contributed by atoms with Gasteiger partial charge in [-0.15, -0.1) is 0 Å². The van der Waals surface area contributed by atoms with Crippen molar-refractivity contribution in [3.8, 4) is 11.5 Å². The van der Waals surface area contributed by atoms with Crippen molar-refractivity contribution >= 4 is 43.3 Å². The molecule has 0 radical (unpaired) electrons. The summed E-state index contributed by atoms with van der Waals surface area (Å²) >= 11 is 0. The maximum absolute atomic E-state index is 10.6. The molecule has 0 spiro atoms. The van der Waals surface area contributed by atoms with Gasteiger partial charge in [0.25, 0.3) is 0 Å². The molecule has 2 aromatic rings. The standard InChI is InChI=1S/2C10H12O4S.Mg/c2*1-8(2)7-14-9-3-5-10(6-4-9)15(11,12)13;/h2*3-6H,1,7H2,2H3,(H,11,12,13);/q;;+2/p-2. The van der Waals surface area contributed by atoms with E-state index in [-0.39, 0.29) is 32.8 Å². The quantitative estimate of drug-likeness (QED) is 0.321. The summed E-state index contributed by atoms with van der Waals surface area (Å²) in [6.07, 6.45) is 0. The maximum atomic E-state index is 10.6. The van der Waals surface area contributed by atoms with Crippen molar-refractivity contribution in [3.05, 3.63) is 72.8 Å². The zero-order valence-corrected chi connectivity index (χ0v) is 20.3. The third-order valence-corrected chi connectivity index (χ3v) is 4.89. The van der Waals surface area contributed by atoms with Crippen LogP contribution in [-0.4, -0.2) is 62.2 Å². The Balaban J connectivity index is 0.000000562. The molecule has 2 rings (SSSR count). The third-order valence-electron chi connectivity index (χ3n) is 3.20. The van der Waals surface area contributed by atoms with Gasteiger partial charge in [0.2, 0.25) is 0 Å². The second kappa shape index (κ2) is 12.8. The van der Waals surface area contributed by atoms with Crippen LogP contribution >= 0.6 is 0 Å². The molecule has 0 aliphatic heterocycles. The number of hydrogen-bond donors (Lipinski definition) is 0. The molecule has 0 heterocycles. The van der Waals surface area contributed by atoms with Crippen LogP contribution in [0.5, 0.6) is 11.5 Å². The van der Waals surface area contributed by atoms with Crippen LogP contribution < -0.4 is 9.47 Å². The summed E-state index contributed by atoms with van der Waals surface area (Å²) in [5.74, 6) is 1.01. The van der Waals surface area contributed by atoms with E-state index in [0.717, 1.165) is 11.1 Å². The summed E-state index contributed by atoms with van der Waals surface area (Å²) in [6.45, 7) is 11.7. The minimum atomic E-state index is -4.37. The number of benzene rings is 2. The maximum Gasteiger partial charge on any atom is 2.00 e. The van der Waals surface area contributed by atoms with Crippen LogP contribution in [0.1, 0.15) is 13.8 Å². The van der Waals surface area contributed by atoms with Gasteiger partial charge >= 0.3 is 23.1 Å². The van der Waals surface area contributed by atoms with Crippen LogP contribution in [0.15, 0.2) is 82.6 Å². The second-order valence-corrected chi connectivity index (χ2v) is 9.10. The predicted molar refractivity (Wildman–Crippen MR) is 115 cm³/mol. The Morgan fingerprint density at radius 3 is 1.16 bits per heavy atom. The van der Waals surface area contributed by atoms with Gasteiger partial charge < -0.3 is 18.6 Å². The SMILES string of the molecule is C=C(C)COc1ccc(S(=O)(=O)[O-])cc1.C=C(C)COc1ccc(S(=O)(=O)[O-])cc1.[Mg+2]. The fraction of sp³-hybridized carbons (Fsp3) is 0.200. The van der Waals surface area contributed by atoms with Gasteiger partial charge in [0, 0.05) is 0 Å². The van der Waals surface area contributed by atoms with Gasteiger partial charge in [0.15, 0.2) is 0 Å². The average Bonchev–Trinajstić information content (AvgIpc) is 2.64. The van der Waals surface area contributed by atoms with E-state index in [1.807, 2.05) is 13.8 Å². The third kappa shape index (κ3) is 11.9. The molecule has 0 amide bonds. The molecule has 0 saturated heterocycles. The Kier molecular flexibility index (Phi) is 12.1. The minimum Gasteiger partial charge on any atom is -0.744 e. The van der Waals surface area contributed by atoms with E-state index in [1.165, 1.54) is 48.5 Å². The van der Waals surface area contributed by atoms with Crippen molar-refractivity contribution in [2.75, 3.05) is 13.2 Å². The van der Waals surface area contributed by atoms with Gasteiger partial charge in [0.1, 0.15) is 44.9 Å². The molecule has 0 atom stereocenters. The number of hydrogen-bond acceptors (Lipinski definition) is 8. The van der Waals surface area contributed by atoms with Crippen LogP contribution in [-0.2, 0) is 20.2 Å². The normalized spacial score (nSPS) is 10.7. The van der Waals surface area contributed by atoms with Crippen molar-refractivity contribution in [1.82, 2.24) is 0 Å². The van der Waals surface area contributed by atoms with Gasteiger partial charge in [-0.1, -0.05) is 13.2 Å². The molecule has 0 saturated carbocycles. The molecule has 0 unspecified atom stereocenters. The molecule has 0 N–H and O–H groups in total. The molecule has 0 fully saturated rings. The van der Waals surface area contributed by atoms with E-state index >= 15 is 0 Å². The Bertz CT molecular complexity index is 986. The predicted octanol–water partition coefficient (Wildman–Crippen LogP) is 2.71. The van der Waals surface area contributed by atoms with Gasteiger partial charge in [0.05, 0.1) is 9.79 Å². The fourth-order valence-electron chi connectivity index (χ4n) is 1.82. The Morgan fingerprint density at radius 2 is 0.968 bits per heavy atom. The molecule has 164 valence electrons. The van der Waals surface area contributed by atoms with Gasteiger partial charge in [-0.2, -0.15) is 0 Å². The van der Waals surface area contributed by atoms with E-state index in [0.29, 0.717) is 24.7 Å². The van der Waals surface area contributed by atoms with E-state index in [2.05, 4.69) is 13.2 Å². The Labute approximate surface area is 199 Å². The molecule has 2 aromatic carbocycles. The molecule has 0 bridgehead atoms. The van der Waals surface area contributed by atoms with Gasteiger partial charge in [-0.3, -0.25) is 0 Å². The first-order valence-electron chi connectivity index (χ1n) is 8.45. The van der Waals surface area contributed by atoms with Gasteiger partial charge in [-0.25, -0.2) is 16.8 Å². The van der Waals surface area contributed by atoms with Crippen molar-refractivity contribution in [2.24, 2.45) is 0 Å².